The molecule has 1 aromatic carbocycles. The van der Waals surface area contributed by atoms with Crippen LogP contribution < -0.4 is 5.73 Å². The zero-order chi connectivity index (χ0) is 16.0. The van der Waals surface area contributed by atoms with Gasteiger partial charge in [0.1, 0.15) is 0 Å². The van der Waals surface area contributed by atoms with Crippen LogP contribution in [0.4, 0.5) is 0 Å². The number of aromatic nitrogens is 1. The minimum Gasteiger partial charge on any atom is -0.443 e. The molecule has 128 valence electrons. The highest BCUT2D eigenvalue weighted by Gasteiger charge is 2.43. The van der Waals surface area contributed by atoms with E-state index in [1.165, 1.54) is 12.0 Å². The number of oxazole rings is 1. The molecule has 24 heavy (non-hydrogen) atoms. The molecule has 2 heterocycles. The van der Waals surface area contributed by atoms with E-state index in [0.717, 1.165) is 31.5 Å². The summed E-state index contributed by atoms with van der Waals surface area (Å²) in [6.45, 7) is 3.56. The minimum atomic E-state index is -0.0454. The molecule has 3 unspecified atom stereocenters. The van der Waals surface area contributed by atoms with E-state index < -0.39 is 0 Å². The van der Waals surface area contributed by atoms with E-state index in [2.05, 4.69) is 4.98 Å². The molecule has 2 aromatic rings. The first-order chi connectivity index (χ1) is 11.1. The van der Waals surface area contributed by atoms with Gasteiger partial charge in [0, 0.05) is 24.7 Å². The maximum absolute atomic E-state index is 12.9. The average molecular weight is 348 g/mol. The molecule has 2 aliphatic rings. The van der Waals surface area contributed by atoms with Crippen LogP contribution in [0.1, 0.15) is 28.9 Å². The van der Waals surface area contributed by atoms with E-state index in [0.29, 0.717) is 23.3 Å². The van der Waals surface area contributed by atoms with Gasteiger partial charge in [0.2, 0.25) is 0 Å². The molecule has 1 aliphatic carbocycles. The summed E-state index contributed by atoms with van der Waals surface area (Å²) in [5.74, 6) is 1.49. The summed E-state index contributed by atoms with van der Waals surface area (Å²) in [6, 6.07) is 8.16. The van der Waals surface area contributed by atoms with E-state index in [4.69, 9.17) is 10.2 Å². The Morgan fingerprint density at radius 1 is 1.25 bits per heavy atom. The molecular weight excluding hydrogens is 326 g/mol. The lowest BCUT2D eigenvalue weighted by Gasteiger charge is -2.18. The Bertz CT molecular complexity index is 728. The first-order valence-electron chi connectivity index (χ1n) is 8.19. The zero-order valence-corrected chi connectivity index (χ0v) is 14.5. The van der Waals surface area contributed by atoms with Crippen molar-refractivity contribution >= 4 is 18.3 Å². The Hall–Kier alpha value is -1.85. The Morgan fingerprint density at radius 2 is 2.00 bits per heavy atom. The second kappa shape index (κ2) is 6.57. The molecule has 2 fully saturated rings. The van der Waals surface area contributed by atoms with Gasteiger partial charge in [-0.15, -0.1) is 12.4 Å². The number of nitrogens with zero attached hydrogens (tertiary/aromatic N) is 2. The maximum Gasteiger partial charge on any atom is 0.276 e. The van der Waals surface area contributed by atoms with Crippen molar-refractivity contribution in [3.8, 4) is 11.3 Å². The number of carbonyl (C=O) groups is 1. The minimum absolute atomic E-state index is 0. The number of amides is 1. The first-order valence-corrected chi connectivity index (χ1v) is 8.19. The monoisotopic (exact) mass is 347 g/mol. The number of rotatable bonds is 2. The van der Waals surface area contributed by atoms with Gasteiger partial charge in [-0.25, -0.2) is 4.98 Å². The van der Waals surface area contributed by atoms with Gasteiger partial charge < -0.3 is 15.1 Å². The smallest absolute Gasteiger partial charge is 0.276 e. The number of hydrogen-bond donors (Lipinski definition) is 1. The van der Waals surface area contributed by atoms with Gasteiger partial charge in [-0.1, -0.05) is 29.8 Å². The van der Waals surface area contributed by atoms with Crippen LogP contribution in [0.25, 0.3) is 11.3 Å². The van der Waals surface area contributed by atoms with Gasteiger partial charge in [-0.3, -0.25) is 4.79 Å². The van der Waals surface area contributed by atoms with Crippen molar-refractivity contribution in [3.63, 3.8) is 0 Å². The molecule has 1 aliphatic heterocycles. The molecule has 4 rings (SSSR count). The number of carbonyl (C=O) groups excluding carboxylic acids is 1. The number of likely N-dealkylation sites (tertiary alicyclic amines) is 1. The van der Waals surface area contributed by atoms with Crippen molar-refractivity contribution in [1.29, 1.82) is 0 Å². The fourth-order valence-corrected chi connectivity index (χ4v) is 3.93. The summed E-state index contributed by atoms with van der Waals surface area (Å²) >= 11 is 0. The fourth-order valence-electron chi connectivity index (χ4n) is 3.93. The van der Waals surface area contributed by atoms with Crippen LogP contribution in [-0.2, 0) is 0 Å². The lowest BCUT2D eigenvalue weighted by Crippen LogP contribution is -2.33. The molecule has 1 saturated heterocycles. The van der Waals surface area contributed by atoms with Gasteiger partial charge in [-0.05, 0) is 31.6 Å². The van der Waals surface area contributed by atoms with Crippen LogP contribution in [0.2, 0.25) is 0 Å². The van der Waals surface area contributed by atoms with Crippen LogP contribution >= 0.6 is 12.4 Å². The summed E-state index contributed by atoms with van der Waals surface area (Å²) < 4.78 is 5.50. The highest BCUT2D eigenvalue weighted by molar-refractivity contribution is 5.97. The van der Waals surface area contributed by atoms with Gasteiger partial charge >= 0.3 is 0 Å². The molecule has 5 nitrogen and oxygen atoms in total. The highest BCUT2D eigenvalue weighted by Crippen LogP contribution is 2.38. The van der Waals surface area contributed by atoms with Crippen molar-refractivity contribution < 1.29 is 9.21 Å². The highest BCUT2D eigenvalue weighted by atomic mass is 35.5. The Morgan fingerprint density at radius 3 is 2.71 bits per heavy atom. The fraction of sp³-hybridized carbons (Fsp3) is 0.444. The van der Waals surface area contributed by atoms with Crippen LogP contribution in [0.3, 0.4) is 0 Å². The molecule has 0 spiro atoms. The number of benzene rings is 1. The normalized spacial score (nSPS) is 25.4. The zero-order valence-electron chi connectivity index (χ0n) is 13.6. The third-order valence-electron chi connectivity index (χ3n) is 5.28. The molecule has 1 amide bonds. The van der Waals surface area contributed by atoms with E-state index in [1.54, 1.807) is 0 Å². The lowest BCUT2D eigenvalue weighted by molar-refractivity contribution is 0.0774. The maximum atomic E-state index is 12.9. The van der Waals surface area contributed by atoms with Crippen LogP contribution in [-0.4, -0.2) is 34.9 Å². The average Bonchev–Trinajstić information content (AvgIpc) is 3.25. The van der Waals surface area contributed by atoms with E-state index in [1.807, 2.05) is 36.1 Å². The van der Waals surface area contributed by atoms with Crippen LogP contribution in [0.15, 0.2) is 35.1 Å². The molecular formula is C18H22ClN3O2. The molecule has 6 heteroatoms. The van der Waals surface area contributed by atoms with Gasteiger partial charge in [0.25, 0.3) is 5.91 Å². The van der Waals surface area contributed by atoms with Gasteiger partial charge in [0.15, 0.2) is 17.8 Å². The number of hydrogen-bond acceptors (Lipinski definition) is 4. The van der Waals surface area contributed by atoms with Crippen LogP contribution in [0.5, 0.6) is 0 Å². The second-order valence-corrected chi connectivity index (χ2v) is 6.77. The van der Waals surface area contributed by atoms with E-state index >= 15 is 0 Å². The topological polar surface area (TPSA) is 72.4 Å². The SMILES string of the molecule is Cc1ccc(-c2ocnc2C(=O)N2CC3CCC(N)C3C2)cc1.Cl. The van der Waals surface area contributed by atoms with Gasteiger partial charge in [-0.2, -0.15) is 0 Å². The molecule has 0 radical (unpaired) electrons. The molecule has 3 atom stereocenters. The summed E-state index contributed by atoms with van der Waals surface area (Å²) in [6.07, 6.45) is 3.56. The summed E-state index contributed by atoms with van der Waals surface area (Å²) in [5, 5.41) is 0. The van der Waals surface area contributed by atoms with Crippen LogP contribution in [0, 0.1) is 18.8 Å². The number of aryl methyl sites for hydroxylation is 1. The number of halogens is 1. The molecule has 2 N–H and O–H groups in total. The molecule has 0 bridgehead atoms. The van der Waals surface area contributed by atoms with Crippen molar-refractivity contribution in [2.75, 3.05) is 13.1 Å². The Labute approximate surface area is 147 Å². The second-order valence-electron chi connectivity index (χ2n) is 6.77. The van der Waals surface area contributed by atoms with E-state index in [-0.39, 0.29) is 24.4 Å². The first kappa shape index (κ1) is 17.0. The standard InChI is InChI=1S/C18H21N3O2.ClH/c1-11-2-4-12(5-3-11)17-16(20-10-23-17)18(22)21-8-13-6-7-15(19)14(13)9-21;/h2-5,10,13-15H,6-9,19H2,1H3;1H. The van der Waals surface area contributed by atoms with Crippen molar-refractivity contribution in [1.82, 2.24) is 9.88 Å². The quantitative estimate of drug-likeness (QED) is 0.906. The summed E-state index contributed by atoms with van der Waals surface area (Å²) in [5.41, 5.74) is 8.62. The number of fused-ring (bicyclic) bond motifs is 1. The molecule has 1 saturated carbocycles. The lowest BCUT2D eigenvalue weighted by atomic mass is 9.98. The summed E-state index contributed by atoms with van der Waals surface area (Å²) in [7, 11) is 0. The Kier molecular flexibility index (Phi) is 4.65. The van der Waals surface area contributed by atoms with Crippen molar-refractivity contribution in [2.24, 2.45) is 17.6 Å². The summed E-state index contributed by atoms with van der Waals surface area (Å²) in [4.78, 5) is 18.9. The predicted octanol–water partition coefficient (Wildman–Crippen LogP) is 2.88. The third-order valence-corrected chi connectivity index (χ3v) is 5.28. The van der Waals surface area contributed by atoms with Crippen molar-refractivity contribution in [3.05, 3.63) is 41.9 Å². The van der Waals surface area contributed by atoms with Crippen molar-refractivity contribution in [2.45, 2.75) is 25.8 Å². The van der Waals surface area contributed by atoms with Gasteiger partial charge in [0.05, 0.1) is 0 Å². The van der Waals surface area contributed by atoms with E-state index in [9.17, 15) is 4.79 Å². The predicted molar refractivity (Wildman–Crippen MR) is 94.0 cm³/mol. The third kappa shape index (κ3) is 2.82. The molecule has 1 aromatic heterocycles. The largest absolute Gasteiger partial charge is 0.443 e. The Balaban J connectivity index is 0.00000169. The number of nitrogens with two attached hydrogens (primary N) is 1.